The Kier molecular flexibility index (Phi) is 2.30. The highest BCUT2D eigenvalue weighted by Crippen LogP contribution is 2.44. The van der Waals surface area contributed by atoms with Gasteiger partial charge in [0.1, 0.15) is 0 Å². The van der Waals surface area contributed by atoms with E-state index in [1.54, 1.807) is 4.88 Å². The van der Waals surface area contributed by atoms with Crippen LogP contribution in [0, 0.1) is 0 Å². The first-order valence-electron chi connectivity index (χ1n) is 5.60. The van der Waals surface area contributed by atoms with Crippen LogP contribution in [0.25, 0.3) is 0 Å². The SMILES string of the molecule is c1nc(C2CCNCC2)sc1C1CC1. The van der Waals surface area contributed by atoms with E-state index in [1.807, 2.05) is 11.3 Å². The van der Waals surface area contributed by atoms with Gasteiger partial charge in [0.05, 0.1) is 5.01 Å². The molecule has 1 N–H and O–H groups in total. The average molecular weight is 208 g/mol. The zero-order valence-corrected chi connectivity index (χ0v) is 9.15. The zero-order valence-electron chi connectivity index (χ0n) is 8.33. The average Bonchev–Trinajstić information content (AvgIpc) is 2.98. The summed E-state index contributed by atoms with van der Waals surface area (Å²) in [6.07, 6.45) is 7.47. The summed E-state index contributed by atoms with van der Waals surface area (Å²) < 4.78 is 0. The minimum Gasteiger partial charge on any atom is -0.317 e. The summed E-state index contributed by atoms with van der Waals surface area (Å²) in [6, 6.07) is 0. The van der Waals surface area contributed by atoms with Crippen LogP contribution in [0.15, 0.2) is 6.20 Å². The second-order valence-corrected chi connectivity index (χ2v) is 5.49. The van der Waals surface area contributed by atoms with E-state index in [0.717, 1.165) is 11.8 Å². The van der Waals surface area contributed by atoms with Gasteiger partial charge in [-0.15, -0.1) is 11.3 Å². The lowest BCUT2D eigenvalue weighted by Crippen LogP contribution is -2.26. The molecule has 1 aliphatic carbocycles. The van der Waals surface area contributed by atoms with E-state index in [0.29, 0.717) is 0 Å². The first-order chi connectivity index (χ1) is 6.93. The summed E-state index contributed by atoms with van der Waals surface area (Å²) >= 11 is 1.97. The molecule has 0 spiro atoms. The molecule has 3 heteroatoms. The molecule has 76 valence electrons. The van der Waals surface area contributed by atoms with Crippen LogP contribution in [-0.2, 0) is 0 Å². The Morgan fingerprint density at radius 3 is 2.64 bits per heavy atom. The van der Waals surface area contributed by atoms with E-state index in [1.165, 1.54) is 43.8 Å². The fraction of sp³-hybridized carbons (Fsp3) is 0.727. The van der Waals surface area contributed by atoms with Crippen LogP contribution in [0.1, 0.15) is 47.4 Å². The zero-order chi connectivity index (χ0) is 9.38. The topological polar surface area (TPSA) is 24.9 Å². The number of aromatic nitrogens is 1. The molecule has 0 radical (unpaired) electrons. The maximum Gasteiger partial charge on any atom is 0.0959 e. The Labute approximate surface area is 88.7 Å². The summed E-state index contributed by atoms with van der Waals surface area (Å²) in [4.78, 5) is 6.13. The van der Waals surface area contributed by atoms with Crippen LogP contribution >= 0.6 is 11.3 Å². The number of hydrogen-bond acceptors (Lipinski definition) is 3. The van der Waals surface area contributed by atoms with Crippen molar-refractivity contribution >= 4 is 11.3 Å². The van der Waals surface area contributed by atoms with Crippen LogP contribution in [0.4, 0.5) is 0 Å². The highest BCUT2D eigenvalue weighted by molar-refractivity contribution is 7.11. The quantitative estimate of drug-likeness (QED) is 0.807. The van der Waals surface area contributed by atoms with Crippen LogP contribution < -0.4 is 5.32 Å². The van der Waals surface area contributed by atoms with Gasteiger partial charge in [0.15, 0.2) is 0 Å². The van der Waals surface area contributed by atoms with Gasteiger partial charge >= 0.3 is 0 Å². The van der Waals surface area contributed by atoms with Gasteiger partial charge in [0.2, 0.25) is 0 Å². The molecule has 0 bridgehead atoms. The maximum absolute atomic E-state index is 4.59. The lowest BCUT2D eigenvalue weighted by molar-refractivity contribution is 0.459. The van der Waals surface area contributed by atoms with Crippen molar-refractivity contribution in [2.24, 2.45) is 0 Å². The maximum atomic E-state index is 4.59. The number of piperidine rings is 1. The van der Waals surface area contributed by atoms with E-state index in [4.69, 9.17) is 0 Å². The van der Waals surface area contributed by atoms with Crippen molar-refractivity contribution in [2.75, 3.05) is 13.1 Å². The van der Waals surface area contributed by atoms with Crippen molar-refractivity contribution in [1.82, 2.24) is 10.3 Å². The predicted octanol–water partition coefficient (Wildman–Crippen LogP) is 2.49. The highest BCUT2D eigenvalue weighted by atomic mass is 32.1. The molecule has 1 aromatic rings. The number of hydrogen-bond donors (Lipinski definition) is 1. The van der Waals surface area contributed by atoms with Crippen LogP contribution in [0.2, 0.25) is 0 Å². The van der Waals surface area contributed by atoms with Crippen molar-refractivity contribution < 1.29 is 0 Å². The van der Waals surface area contributed by atoms with E-state index in [2.05, 4.69) is 16.5 Å². The molecule has 1 saturated heterocycles. The second kappa shape index (κ2) is 3.63. The Hall–Kier alpha value is -0.410. The Morgan fingerprint density at radius 1 is 1.14 bits per heavy atom. The summed E-state index contributed by atoms with van der Waals surface area (Å²) in [5.74, 6) is 1.62. The molecular weight excluding hydrogens is 192 g/mol. The monoisotopic (exact) mass is 208 g/mol. The third kappa shape index (κ3) is 1.71. The number of thiazole rings is 1. The normalized spacial score (nSPS) is 24.0. The van der Waals surface area contributed by atoms with Crippen LogP contribution in [0.5, 0.6) is 0 Å². The molecule has 0 aromatic carbocycles. The van der Waals surface area contributed by atoms with Gasteiger partial charge in [-0.1, -0.05) is 0 Å². The minimum atomic E-state index is 0.744. The summed E-state index contributed by atoms with van der Waals surface area (Å²) in [5.41, 5.74) is 0. The lowest BCUT2D eigenvalue weighted by Gasteiger charge is -2.20. The van der Waals surface area contributed by atoms with E-state index in [9.17, 15) is 0 Å². The third-order valence-corrected chi connectivity index (χ3v) is 4.53. The van der Waals surface area contributed by atoms with Crippen molar-refractivity contribution in [3.05, 3.63) is 16.1 Å². The van der Waals surface area contributed by atoms with Gasteiger partial charge in [-0.2, -0.15) is 0 Å². The Balaban J connectivity index is 1.74. The molecule has 2 heterocycles. The first kappa shape index (κ1) is 8.86. The van der Waals surface area contributed by atoms with Gasteiger partial charge in [0, 0.05) is 17.0 Å². The largest absolute Gasteiger partial charge is 0.317 e. The molecule has 0 amide bonds. The smallest absolute Gasteiger partial charge is 0.0959 e. The molecular formula is C11H16N2S. The fourth-order valence-electron chi connectivity index (χ4n) is 2.11. The molecule has 1 saturated carbocycles. The van der Waals surface area contributed by atoms with E-state index in [-0.39, 0.29) is 0 Å². The van der Waals surface area contributed by atoms with Gasteiger partial charge in [-0.25, -0.2) is 4.98 Å². The fourth-order valence-corrected chi connectivity index (χ4v) is 3.37. The standard InChI is InChI=1S/C11H16N2S/c1-2-8(1)10-7-13-11(14-10)9-3-5-12-6-4-9/h7-9,12H,1-6H2. The summed E-state index contributed by atoms with van der Waals surface area (Å²) in [6.45, 7) is 2.34. The van der Waals surface area contributed by atoms with Gasteiger partial charge in [-0.05, 0) is 44.7 Å². The number of nitrogens with one attached hydrogen (secondary N) is 1. The van der Waals surface area contributed by atoms with Crippen LogP contribution in [0.3, 0.4) is 0 Å². The molecule has 14 heavy (non-hydrogen) atoms. The second-order valence-electron chi connectivity index (χ2n) is 4.40. The Bertz CT molecular complexity index is 311. The molecule has 1 aliphatic heterocycles. The molecule has 2 aliphatic rings. The number of rotatable bonds is 2. The molecule has 2 fully saturated rings. The van der Waals surface area contributed by atoms with Crippen molar-refractivity contribution in [1.29, 1.82) is 0 Å². The molecule has 0 atom stereocenters. The van der Waals surface area contributed by atoms with Crippen molar-refractivity contribution in [3.8, 4) is 0 Å². The van der Waals surface area contributed by atoms with Gasteiger partial charge < -0.3 is 5.32 Å². The molecule has 1 aromatic heterocycles. The van der Waals surface area contributed by atoms with E-state index >= 15 is 0 Å². The van der Waals surface area contributed by atoms with Gasteiger partial charge in [-0.3, -0.25) is 0 Å². The highest BCUT2D eigenvalue weighted by Gasteiger charge is 2.27. The molecule has 3 rings (SSSR count). The van der Waals surface area contributed by atoms with E-state index < -0.39 is 0 Å². The summed E-state index contributed by atoms with van der Waals surface area (Å²) in [5, 5.41) is 4.80. The van der Waals surface area contributed by atoms with Gasteiger partial charge in [0.25, 0.3) is 0 Å². The number of nitrogens with zero attached hydrogens (tertiary/aromatic N) is 1. The van der Waals surface area contributed by atoms with Crippen LogP contribution in [-0.4, -0.2) is 18.1 Å². The van der Waals surface area contributed by atoms with Crippen molar-refractivity contribution in [2.45, 2.75) is 37.5 Å². The van der Waals surface area contributed by atoms with Crippen molar-refractivity contribution in [3.63, 3.8) is 0 Å². The predicted molar refractivity (Wildman–Crippen MR) is 58.9 cm³/mol. The molecule has 2 nitrogen and oxygen atoms in total. The minimum absolute atomic E-state index is 0.744. The Morgan fingerprint density at radius 2 is 1.93 bits per heavy atom. The third-order valence-electron chi connectivity index (χ3n) is 3.21. The first-order valence-corrected chi connectivity index (χ1v) is 6.41. The lowest BCUT2D eigenvalue weighted by atomic mass is 9.99. The molecule has 0 unspecified atom stereocenters. The summed E-state index contributed by atoms with van der Waals surface area (Å²) in [7, 11) is 0.